The summed E-state index contributed by atoms with van der Waals surface area (Å²) in [7, 11) is 0. The van der Waals surface area contributed by atoms with Crippen LogP contribution in [0, 0.1) is 6.92 Å². The number of thioether (sulfide) groups is 1. The van der Waals surface area contributed by atoms with Crippen molar-refractivity contribution in [3.63, 3.8) is 0 Å². The van der Waals surface area contributed by atoms with Crippen molar-refractivity contribution >= 4 is 35.0 Å². The third-order valence-electron chi connectivity index (χ3n) is 4.50. The summed E-state index contributed by atoms with van der Waals surface area (Å²) in [5.74, 6) is 0.992. The number of carbonyl (C=O) groups is 2. The lowest BCUT2D eigenvalue weighted by Gasteiger charge is -2.28. The van der Waals surface area contributed by atoms with Crippen molar-refractivity contribution < 1.29 is 9.59 Å². The first-order valence-corrected chi connectivity index (χ1v) is 10.0. The van der Waals surface area contributed by atoms with Crippen LogP contribution in [-0.4, -0.2) is 24.1 Å². The fraction of sp³-hybridized carbons (Fsp3) is 0.333. The Kier molecular flexibility index (Phi) is 5.99. The normalized spacial score (nSPS) is 14.4. The van der Waals surface area contributed by atoms with Crippen molar-refractivity contribution in [2.24, 2.45) is 0 Å². The molecule has 4 nitrogen and oxygen atoms in total. The van der Waals surface area contributed by atoms with E-state index in [1.54, 1.807) is 11.8 Å². The van der Waals surface area contributed by atoms with E-state index >= 15 is 0 Å². The van der Waals surface area contributed by atoms with Gasteiger partial charge in [0.05, 0.1) is 5.56 Å². The maximum atomic E-state index is 12.7. The molecule has 1 aliphatic rings. The Hall–Kier alpha value is -2.27. The van der Waals surface area contributed by atoms with E-state index in [4.69, 9.17) is 0 Å². The molecule has 1 fully saturated rings. The van der Waals surface area contributed by atoms with Crippen molar-refractivity contribution in [3.8, 4) is 0 Å². The summed E-state index contributed by atoms with van der Waals surface area (Å²) in [5, 5.41) is 2.98. The summed E-state index contributed by atoms with van der Waals surface area (Å²) >= 11 is 1.66. The van der Waals surface area contributed by atoms with Crippen molar-refractivity contribution in [3.05, 3.63) is 53.6 Å². The van der Waals surface area contributed by atoms with Crippen molar-refractivity contribution in [1.29, 1.82) is 0 Å². The van der Waals surface area contributed by atoms with Crippen LogP contribution in [0.1, 0.15) is 42.1 Å². The summed E-state index contributed by atoms with van der Waals surface area (Å²) in [4.78, 5) is 27.7. The van der Waals surface area contributed by atoms with Gasteiger partial charge in [-0.2, -0.15) is 0 Å². The number of benzene rings is 2. The number of hydrogen-bond acceptors (Lipinski definition) is 3. The highest BCUT2D eigenvalue weighted by molar-refractivity contribution is 7.99. The van der Waals surface area contributed by atoms with E-state index in [-0.39, 0.29) is 11.8 Å². The Bertz CT molecular complexity index is 819. The SMILES string of the molecule is CCSc1ccccc1C(=O)Nc1ccc(N2CCCCC2=O)c(C)c1. The lowest BCUT2D eigenvalue weighted by molar-refractivity contribution is -0.119. The van der Waals surface area contributed by atoms with Crippen LogP contribution in [-0.2, 0) is 4.79 Å². The smallest absolute Gasteiger partial charge is 0.256 e. The van der Waals surface area contributed by atoms with Gasteiger partial charge in [-0.15, -0.1) is 11.8 Å². The van der Waals surface area contributed by atoms with Gasteiger partial charge in [0.25, 0.3) is 5.91 Å². The van der Waals surface area contributed by atoms with Crippen molar-refractivity contribution in [1.82, 2.24) is 0 Å². The average Bonchev–Trinajstić information content (AvgIpc) is 2.63. The number of nitrogens with zero attached hydrogens (tertiary/aromatic N) is 1. The average molecular weight is 369 g/mol. The molecule has 26 heavy (non-hydrogen) atoms. The first-order chi connectivity index (χ1) is 12.6. The second kappa shape index (κ2) is 8.41. The van der Waals surface area contributed by atoms with Gasteiger partial charge in [0.15, 0.2) is 0 Å². The number of piperidine rings is 1. The Morgan fingerprint density at radius 1 is 1.19 bits per heavy atom. The maximum Gasteiger partial charge on any atom is 0.256 e. The molecule has 0 spiro atoms. The third kappa shape index (κ3) is 4.10. The molecule has 0 radical (unpaired) electrons. The molecule has 2 aromatic carbocycles. The molecule has 0 aliphatic carbocycles. The number of aryl methyl sites for hydroxylation is 1. The minimum absolute atomic E-state index is 0.109. The van der Waals surface area contributed by atoms with E-state index in [0.717, 1.165) is 47.0 Å². The molecule has 0 saturated carbocycles. The standard InChI is InChI=1S/C21H24N2O2S/c1-3-26-19-9-5-4-8-17(19)21(25)22-16-11-12-18(15(2)14-16)23-13-7-6-10-20(23)24/h4-5,8-9,11-12,14H,3,6-7,10,13H2,1-2H3,(H,22,25). The summed E-state index contributed by atoms with van der Waals surface area (Å²) in [6.07, 6.45) is 2.62. The van der Waals surface area contributed by atoms with Gasteiger partial charge in [-0.1, -0.05) is 19.1 Å². The largest absolute Gasteiger partial charge is 0.322 e. The van der Waals surface area contributed by atoms with Gasteiger partial charge in [0.2, 0.25) is 5.91 Å². The van der Waals surface area contributed by atoms with E-state index in [2.05, 4.69) is 12.2 Å². The molecule has 0 aromatic heterocycles. The van der Waals surface area contributed by atoms with Gasteiger partial charge < -0.3 is 10.2 Å². The third-order valence-corrected chi connectivity index (χ3v) is 5.46. The Morgan fingerprint density at radius 3 is 2.73 bits per heavy atom. The van der Waals surface area contributed by atoms with E-state index in [9.17, 15) is 9.59 Å². The predicted octanol–water partition coefficient (Wildman–Crippen LogP) is 4.88. The number of amides is 2. The monoisotopic (exact) mass is 368 g/mol. The second-order valence-electron chi connectivity index (χ2n) is 6.39. The molecule has 5 heteroatoms. The first-order valence-electron chi connectivity index (χ1n) is 9.04. The minimum Gasteiger partial charge on any atom is -0.322 e. The molecule has 0 unspecified atom stereocenters. The lowest BCUT2D eigenvalue weighted by atomic mass is 10.1. The number of rotatable bonds is 5. The van der Waals surface area contributed by atoms with Crippen LogP contribution in [0.3, 0.4) is 0 Å². The van der Waals surface area contributed by atoms with Crippen LogP contribution in [0.15, 0.2) is 47.4 Å². The number of hydrogen-bond donors (Lipinski definition) is 1. The molecule has 3 rings (SSSR count). The van der Waals surface area contributed by atoms with E-state index in [1.165, 1.54) is 0 Å². The van der Waals surface area contributed by atoms with E-state index in [0.29, 0.717) is 12.0 Å². The molecule has 1 N–H and O–H groups in total. The van der Waals surface area contributed by atoms with Crippen LogP contribution in [0.5, 0.6) is 0 Å². The van der Waals surface area contributed by atoms with Crippen LogP contribution in [0.2, 0.25) is 0 Å². The van der Waals surface area contributed by atoms with E-state index < -0.39 is 0 Å². The summed E-state index contributed by atoms with van der Waals surface area (Å²) in [6.45, 7) is 4.82. The highest BCUT2D eigenvalue weighted by Gasteiger charge is 2.21. The van der Waals surface area contributed by atoms with Crippen LogP contribution in [0.25, 0.3) is 0 Å². The number of anilines is 2. The molecule has 1 aliphatic heterocycles. The second-order valence-corrected chi connectivity index (χ2v) is 7.69. The van der Waals surface area contributed by atoms with Gasteiger partial charge in [-0.05, 0) is 61.4 Å². The van der Waals surface area contributed by atoms with Gasteiger partial charge in [-0.3, -0.25) is 9.59 Å². The molecule has 2 amide bonds. The zero-order valence-electron chi connectivity index (χ0n) is 15.2. The summed E-state index contributed by atoms with van der Waals surface area (Å²) in [5.41, 5.74) is 3.37. The maximum absolute atomic E-state index is 12.7. The van der Waals surface area contributed by atoms with Crippen molar-refractivity contribution in [2.45, 2.75) is 38.0 Å². The fourth-order valence-electron chi connectivity index (χ4n) is 3.23. The van der Waals surface area contributed by atoms with Gasteiger partial charge in [-0.25, -0.2) is 0 Å². The minimum atomic E-state index is -0.109. The van der Waals surface area contributed by atoms with Gasteiger partial charge in [0, 0.05) is 29.2 Å². The molecular formula is C21H24N2O2S. The Balaban J connectivity index is 1.78. The number of nitrogens with one attached hydrogen (secondary N) is 1. The Morgan fingerprint density at radius 2 is 2.00 bits per heavy atom. The highest BCUT2D eigenvalue weighted by atomic mass is 32.2. The van der Waals surface area contributed by atoms with Gasteiger partial charge in [0.1, 0.15) is 0 Å². The summed E-state index contributed by atoms with van der Waals surface area (Å²) in [6, 6.07) is 13.4. The fourth-order valence-corrected chi connectivity index (χ4v) is 4.03. The zero-order valence-corrected chi connectivity index (χ0v) is 16.1. The predicted molar refractivity (Wildman–Crippen MR) is 108 cm³/mol. The molecule has 0 atom stereocenters. The zero-order chi connectivity index (χ0) is 18.5. The van der Waals surface area contributed by atoms with Gasteiger partial charge >= 0.3 is 0 Å². The molecule has 1 saturated heterocycles. The lowest BCUT2D eigenvalue weighted by Crippen LogP contribution is -2.35. The van der Waals surface area contributed by atoms with Crippen molar-refractivity contribution in [2.75, 3.05) is 22.5 Å². The van der Waals surface area contributed by atoms with Crippen LogP contribution < -0.4 is 10.2 Å². The summed E-state index contributed by atoms with van der Waals surface area (Å²) < 4.78 is 0. The molecule has 1 heterocycles. The highest BCUT2D eigenvalue weighted by Crippen LogP contribution is 2.28. The molecule has 0 bridgehead atoms. The quantitative estimate of drug-likeness (QED) is 0.766. The van der Waals surface area contributed by atoms with E-state index in [1.807, 2.05) is 54.3 Å². The topological polar surface area (TPSA) is 49.4 Å². The molecule has 136 valence electrons. The first kappa shape index (κ1) is 18.5. The number of carbonyl (C=O) groups excluding carboxylic acids is 2. The van der Waals surface area contributed by atoms with Crippen LogP contribution in [0.4, 0.5) is 11.4 Å². The molecule has 2 aromatic rings. The molecular weight excluding hydrogens is 344 g/mol. The Labute approximate surface area is 159 Å². The van der Waals surface area contributed by atoms with Crippen LogP contribution >= 0.6 is 11.8 Å².